The minimum Gasteiger partial charge on any atom is -0.393 e. The average Bonchev–Trinajstić information content (AvgIpc) is 2.44. The molecule has 2 N–H and O–H groups in total. The van der Waals surface area contributed by atoms with E-state index in [9.17, 15) is 27.2 Å². The normalized spacial score (nSPS) is 12.7. The molecular formula is C14H16F4N2O3. The highest BCUT2D eigenvalue weighted by Gasteiger charge is 2.35. The lowest BCUT2D eigenvalue weighted by Gasteiger charge is -2.18. The summed E-state index contributed by atoms with van der Waals surface area (Å²) in [6, 6.07) is 1.71. The molecule has 0 aliphatic carbocycles. The summed E-state index contributed by atoms with van der Waals surface area (Å²) in [6.45, 7) is 1.55. The van der Waals surface area contributed by atoms with Crippen LogP contribution in [0.2, 0.25) is 0 Å². The number of anilines is 1. The topological polar surface area (TPSA) is 69.6 Å². The number of hydrogen-bond acceptors (Lipinski definition) is 3. The number of hydrogen-bond donors (Lipinski definition) is 2. The lowest BCUT2D eigenvalue weighted by molar-refractivity contribution is -0.142. The van der Waals surface area contributed by atoms with Gasteiger partial charge in [-0.1, -0.05) is 0 Å². The Morgan fingerprint density at radius 3 is 2.48 bits per heavy atom. The highest BCUT2D eigenvalue weighted by atomic mass is 19.4. The Balaban J connectivity index is 2.87. The van der Waals surface area contributed by atoms with E-state index in [2.05, 4.69) is 0 Å². The van der Waals surface area contributed by atoms with Gasteiger partial charge < -0.3 is 15.3 Å². The van der Waals surface area contributed by atoms with Crippen molar-refractivity contribution >= 4 is 17.5 Å². The average molecular weight is 336 g/mol. The van der Waals surface area contributed by atoms with Crippen molar-refractivity contribution in [3.05, 3.63) is 29.6 Å². The minimum absolute atomic E-state index is 0.0550. The van der Waals surface area contributed by atoms with Crippen molar-refractivity contribution in [3.63, 3.8) is 0 Å². The van der Waals surface area contributed by atoms with Crippen molar-refractivity contribution in [2.75, 3.05) is 18.9 Å². The number of benzene rings is 1. The Hall–Kier alpha value is -2.16. The van der Waals surface area contributed by atoms with Gasteiger partial charge in [0.25, 0.3) is 0 Å². The quantitative estimate of drug-likeness (QED) is 0.653. The predicted molar refractivity (Wildman–Crippen MR) is 74.0 cm³/mol. The number of likely N-dealkylation sites (N-methyl/N-ethyl adjacent to an activating group) is 1. The maximum Gasteiger partial charge on any atom is 0.418 e. The summed E-state index contributed by atoms with van der Waals surface area (Å²) in [5.41, 5.74) is -2.09. The van der Waals surface area contributed by atoms with E-state index in [-0.39, 0.29) is 19.0 Å². The van der Waals surface area contributed by atoms with Gasteiger partial charge in [0.2, 0.25) is 0 Å². The summed E-state index contributed by atoms with van der Waals surface area (Å²) in [5.74, 6) is -3.46. The molecule has 0 fully saturated rings. The van der Waals surface area contributed by atoms with Gasteiger partial charge in [-0.05, 0) is 31.5 Å². The van der Waals surface area contributed by atoms with Crippen LogP contribution in [0.1, 0.15) is 18.9 Å². The standard InChI is InChI=1S/C14H16F4N2O3/c1-8(21)5-6-20(2)13(23)12(22)19-11-4-3-9(15)7-10(11)14(16,17)18/h3-4,7-8,21H,5-6H2,1-2H3,(H,19,22). The number of carbonyl (C=O) groups excluding carboxylic acids is 2. The molecule has 0 bridgehead atoms. The Bertz CT molecular complexity index is 588. The summed E-state index contributed by atoms with van der Waals surface area (Å²) in [5, 5.41) is 10.9. The number of halogens is 4. The Morgan fingerprint density at radius 1 is 1.35 bits per heavy atom. The van der Waals surface area contributed by atoms with Crippen molar-refractivity contribution in [1.29, 1.82) is 0 Å². The number of nitrogens with zero attached hydrogens (tertiary/aromatic N) is 1. The summed E-state index contributed by atoms with van der Waals surface area (Å²) < 4.78 is 51.4. The summed E-state index contributed by atoms with van der Waals surface area (Å²) in [6.07, 6.45) is -5.37. The number of aliphatic hydroxyl groups excluding tert-OH is 1. The molecule has 0 aliphatic heterocycles. The molecule has 0 aliphatic rings. The first kappa shape index (κ1) is 18.9. The van der Waals surface area contributed by atoms with E-state index in [1.54, 1.807) is 0 Å². The van der Waals surface area contributed by atoms with Crippen molar-refractivity contribution < 1.29 is 32.3 Å². The van der Waals surface area contributed by atoms with Crippen molar-refractivity contribution in [2.24, 2.45) is 0 Å². The van der Waals surface area contributed by atoms with Crippen LogP contribution < -0.4 is 5.32 Å². The van der Waals surface area contributed by atoms with Crippen LogP contribution in [0.5, 0.6) is 0 Å². The number of aliphatic hydroxyl groups is 1. The zero-order chi connectivity index (χ0) is 17.8. The molecule has 0 aromatic heterocycles. The molecule has 5 nitrogen and oxygen atoms in total. The van der Waals surface area contributed by atoms with Crippen LogP contribution in [0.4, 0.5) is 23.2 Å². The predicted octanol–water partition coefficient (Wildman–Crippen LogP) is 2.01. The summed E-state index contributed by atoms with van der Waals surface area (Å²) in [7, 11) is 1.28. The number of rotatable bonds is 4. The first-order chi connectivity index (χ1) is 10.5. The Labute approximate surface area is 129 Å². The third-order valence-electron chi connectivity index (χ3n) is 2.96. The second-order valence-electron chi connectivity index (χ2n) is 5.01. The molecule has 0 saturated heterocycles. The smallest absolute Gasteiger partial charge is 0.393 e. The zero-order valence-corrected chi connectivity index (χ0v) is 12.4. The summed E-state index contributed by atoms with van der Waals surface area (Å²) >= 11 is 0. The van der Waals surface area contributed by atoms with Gasteiger partial charge >= 0.3 is 18.0 Å². The molecule has 23 heavy (non-hydrogen) atoms. The van der Waals surface area contributed by atoms with Crippen LogP contribution in [-0.4, -0.2) is 41.5 Å². The fourth-order valence-electron chi connectivity index (χ4n) is 1.69. The van der Waals surface area contributed by atoms with Gasteiger partial charge in [-0.3, -0.25) is 9.59 Å². The molecule has 2 amide bonds. The molecular weight excluding hydrogens is 320 g/mol. The SMILES string of the molecule is CC(O)CCN(C)C(=O)C(=O)Nc1ccc(F)cc1C(F)(F)F. The maximum absolute atomic E-state index is 13.0. The number of alkyl halides is 3. The molecule has 0 spiro atoms. The number of carbonyl (C=O) groups is 2. The molecule has 0 heterocycles. The lowest BCUT2D eigenvalue weighted by atomic mass is 10.1. The lowest BCUT2D eigenvalue weighted by Crippen LogP contribution is -2.38. The molecule has 1 rings (SSSR count). The highest BCUT2D eigenvalue weighted by Crippen LogP contribution is 2.35. The third-order valence-corrected chi connectivity index (χ3v) is 2.96. The number of nitrogens with one attached hydrogen (secondary N) is 1. The monoisotopic (exact) mass is 336 g/mol. The van der Waals surface area contributed by atoms with E-state index < -0.39 is 41.2 Å². The molecule has 9 heteroatoms. The fourth-order valence-corrected chi connectivity index (χ4v) is 1.69. The number of amides is 2. The molecule has 1 aromatic carbocycles. The second kappa shape index (κ2) is 7.40. The van der Waals surface area contributed by atoms with Crippen molar-refractivity contribution in [1.82, 2.24) is 4.90 Å². The van der Waals surface area contributed by atoms with Gasteiger partial charge in [-0.25, -0.2) is 4.39 Å². The highest BCUT2D eigenvalue weighted by molar-refractivity contribution is 6.39. The van der Waals surface area contributed by atoms with Crippen LogP contribution in [0, 0.1) is 5.82 Å². The van der Waals surface area contributed by atoms with Crippen LogP contribution in [0.15, 0.2) is 18.2 Å². The fraction of sp³-hybridized carbons (Fsp3) is 0.429. The van der Waals surface area contributed by atoms with Crippen molar-refractivity contribution in [2.45, 2.75) is 25.6 Å². The maximum atomic E-state index is 13.0. The van der Waals surface area contributed by atoms with Gasteiger partial charge in [0.05, 0.1) is 17.4 Å². The molecule has 0 radical (unpaired) electrons. The second-order valence-corrected chi connectivity index (χ2v) is 5.01. The van der Waals surface area contributed by atoms with E-state index in [0.717, 1.165) is 17.0 Å². The largest absolute Gasteiger partial charge is 0.418 e. The van der Waals surface area contributed by atoms with Gasteiger partial charge in [-0.2, -0.15) is 13.2 Å². The van der Waals surface area contributed by atoms with Gasteiger partial charge in [0.1, 0.15) is 5.82 Å². The van der Waals surface area contributed by atoms with Gasteiger partial charge in [0.15, 0.2) is 0 Å². The van der Waals surface area contributed by atoms with E-state index in [4.69, 9.17) is 5.11 Å². The van der Waals surface area contributed by atoms with E-state index in [1.165, 1.54) is 14.0 Å². The van der Waals surface area contributed by atoms with Crippen molar-refractivity contribution in [3.8, 4) is 0 Å². The Kier molecular flexibility index (Phi) is 6.08. The first-order valence-electron chi connectivity index (χ1n) is 6.63. The first-order valence-corrected chi connectivity index (χ1v) is 6.63. The molecule has 1 atom stereocenters. The van der Waals surface area contributed by atoms with Crippen LogP contribution in [-0.2, 0) is 15.8 Å². The molecule has 1 unspecified atom stereocenters. The Morgan fingerprint density at radius 2 is 1.96 bits per heavy atom. The molecule has 0 saturated carbocycles. The van der Waals surface area contributed by atoms with E-state index in [1.807, 2.05) is 5.32 Å². The van der Waals surface area contributed by atoms with E-state index >= 15 is 0 Å². The third kappa shape index (κ3) is 5.51. The minimum atomic E-state index is -4.88. The van der Waals surface area contributed by atoms with E-state index in [0.29, 0.717) is 0 Å². The molecule has 128 valence electrons. The van der Waals surface area contributed by atoms with Crippen LogP contribution in [0.25, 0.3) is 0 Å². The van der Waals surface area contributed by atoms with Gasteiger partial charge in [-0.15, -0.1) is 0 Å². The van der Waals surface area contributed by atoms with Crippen LogP contribution in [0.3, 0.4) is 0 Å². The summed E-state index contributed by atoms with van der Waals surface area (Å²) in [4.78, 5) is 24.5. The molecule has 1 aromatic rings. The van der Waals surface area contributed by atoms with Gasteiger partial charge in [0, 0.05) is 13.6 Å². The van der Waals surface area contributed by atoms with Crippen LogP contribution >= 0.6 is 0 Å². The zero-order valence-electron chi connectivity index (χ0n) is 12.4.